The van der Waals surface area contributed by atoms with Gasteiger partial charge in [-0.3, -0.25) is 0 Å². The van der Waals surface area contributed by atoms with Gasteiger partial charge in [0.15, 0.2) is 0 Å². The van der Waals surface area contributed by atoms with E-state index < -0.39 is 5.92 Å². The predicted molar refractivity (Wildman–Crippen MR) is 134 cm³/mol. The van der Waals surface area contributed by atoms with Gasteiger partial charge in [-0.2, -0.15) is 0 Å². The van der Waals surface area contributed by atoms with Gasteiger partial charge in [0, 0.05) is 49.1 Å². The third-order valence-electron chi connectivity index (χ3n) is 7.18. The molecule has 0 bridgehead atoms. The largest absolute Gasteiger partial charge is 0.488 e. The highest BCUT2D eigenvalue weighted by molar-refractivity contribution is 5.91. The van der Waals surface area contributed by atoms with Crippen LogP contribution >= 0.6 is 0 Å². The van der Waals surface area contributed by atoms with Crippen LogP contribution in [-0.2, 0) is 11.3 Å². The highest BCUT2D eigenvalue weighted by Crippen LogP contribution is 2.46. The van der Waals surface area contributed by atoms with Gasteiger partial charge in [0.1, 0.15) is 12.4 Å². The third kappa shape index (κ3) is 5.14. The third-order valence-corrected chi connectivity index (χ3v) is 7.18. The Hall–Kier alpha value is -2.40. The Balaban J connectivity index is 0.00000133. The summed E-state index contributed by atoms with van der Waals surface area (Å²) in [5.41, 5.74) is 4.77. The van der Waals surface area contributed by atoms with E-state index in [0.29, 0.717) is 25.4 Å². The summed E-state index contributed by atoms with van der Waals surface area (Å²) < 4.78 is 42.2. The van der Waals surface area contributed by atoms with Crippen molar-refractivity contribution in [3.63, 3.8) is 0 Å². The maximum Gasteiger partial charge on any atom is 0.248 e. The minimum Gasteiger partial charge on any atom is -0.488 e. The van der Waals surface area contributed by atoms with Crippen molar-refractivity contribution < 1.29 is 18.3 Å². The normalized spacial score (nSPS) is 19.0. The number of rotatable bonds is 5. The SMILES string of the molecule is CC.Cc1c(C2CCOCC2)n(C2CCC(F)(F)CC2)c2cccc(OCc3ccccc3)c12. The first kappa shape index (κ1) is 24.7. The monoisotopic (exact) mass is 469 g/mol. The zero-order valence-corrected chi connectivity index (χ0v) is 20.7. The molecule has 3 nitrogen and oxygen atoms in total. The van der Waals surface area contributed by atoms with Crippen molar-refractivity contribution in [3.05, 3.63) is 65.4 Å². The van der Waals surface area contributed by atoms with Gasteiger partial charge in [0.05, 0.1) is 5.52 Å². The van der Waals surface area contributed by atoms with Gasteiger partial charge in [0.25, 0.3) is 0 Å². The molecule has 1 aliphatic carbocycles. The number of hydrogen-bond acceptors (Lipinski definition) is 2. The second-order valence-corrected chi connectivity index (χ2v) is 9.28. The van der Waals surface area contributed by atoms with E-state index in [2.05, 4.69) is 29.7 Å². The van der Waals surface area contributed by atoms with Gasteiger partial charge in [-0.05, 0) is 55.9 Å². The lowest BCUT2D eigenvalue weighted by Gasteiger charge is -2.33. The quantitative estimate of drug-likeness (QED) is 0.376. The molecule has 0 radical (unpaired) electrons. The Morgan fingerprint density at radius 2 is 1.62 bits per heavy atom. The number of fused-ring (bicyclic) bond motifs is 1. The summed E-state index contributed by atoms with van der Waals surface area (Å²) in [6.45, 7) is 8.20. The molecule has 2 heterocycles. The Morgan fingerprint density at radius 3 is 2.29 bits per heavy atom. The van der Waals surface area contributed by atoms with Crippen molar-refractivity contribution in [1.29, 1.82) is 0 Å². The minimum absolute atomic E-state index is 0.0339. The van der Waals surface area contributed by atoms with Crippen molar-refractivity contribution in [2.45, 2.75) is 83.8 Å². The van der Waals surface area contributed by atoms with E-state index in [1.807, 2.05) is 44.2 Å². The van der Waals surface area contributed by atoms with Crippen molar-refractivity contribution in [3.8, 4) is 5.75 Å². The summed E-state index contributed by atoms with van der Waals surface area (Å²) in [4.78, 5) is 0. The van der Waals surface area contributed by atoms with Crippen LogP contribution in [0.2, 0.25) is 0 Å². The molecular formula is C29H37F2NO2. The topological polar surface area (TPSA) is 23.4 Å². The van der Waals surface area contributed by atoms with E-state index in [0.717, 1.165) is 48.3 Å². The van der Waals surface area contributed by atoms with Gasteiger partial charge in [-0.15, -0.1) is 0 Å². The average Bonchev–Trinajstić information content (AvgIpc) is 3.18. The van der Waals surface area contributed by atoms with E-state index in [4.69, 9.17) is 9.47 Å². The molecule has 34 heavy (non-hydrogen) atoms. The van der Waals surface area contributed by atoms with Crippen molar-refractivity contribution >= 4 is 10.9 Å². The lowest BCUT2D eigenvalue weighted by atomic mass is 9.89. The summed E-state index contributed by atoms with van der Waals surface area (Å²) in [6, 6.07) is 16.5. The molecule has 2 aromatic carbocycles. The Labute approximate surface area is 202 Å². The summed E-state index contributed by atoms with van der Waals surface area (Å²) in [5.74, 6) is -1.27. The molecule has 1 saturated heterocycles. The zero-order chi connectivity index (χ0) is 24.1. The van der Waals surface area contributed by atoms with Crippen molar-refractivity contribution in [1.82, 2.24) is 4.57 Å². The molecule has 0 unspecified atom stereocenters. The van der Waals surface area contributed by atoms with E-state index >= 15 is 0 Å². The van der Waals surface area contributed by atoms with Crippen LogP contribution in [0.3, 0.4) is 0 Å². The maximum atomic E-state index is 13.9. The Kier molecular flexibility index (Phi) is 7.92. The zero-order valence-electron chi connectivity index (χ0n) is 20.7. The second kappa shape index (κ2) is 10.9. The molecule has 1 aromatic heterocycles. The Morgan fingerprint density at radius 1 is 0.941 bits per heavy atom. The number of nitrogens with zero attached hydrogens (tertiary/aromatic N) is 1. The second-order valence-electron chi connectivity index (χ2n) is 9.28. The van der Waals surface area contributed by atoms with Gasteiger partial charge < -0.3 is 14.0 Å². The van der Waals surface area contributed by atoms with Crippen molar-refractivity contribution in [2.75, 3.05) is 13.2 Å². The molecule has 0 N–H and O–H groups in total. The number of hydrogen-bond donors (Lipinski definition) is 0. The summed E-state index contributed by atoms with van der Waals surface area (Å²) in [5, 5.41) is 1.13. The number of ether oxygens (including phenoxy) is 2. The molecule has 0 atom stereocenters. The summed E-state index contributed by atoms with van der Waals surface area (Å²) in [7, 11) is 0. The average molecular weight is 470 g/mol. The lowest BCUT2D eigenvalue weighted by Crippen LogP contribution is -2.28. The maximum absolute atomic E-state index is 13.9. The molecule has 5 rings (SSSR count). The fraction of sp³-hybridized carbons (Fsp3) is 0.517. The molecule has 2 fully saturated rings. The van der Waals surface area contributed by atoms with Crippen LogP contribution in [0.15, 0.2) is 48.5 Å². The smallest absolute Gasteiger partial charge is 0.248 e. The van der Waals surface area contributed by atoms with Crippen LogP contribution in [0.4, 0.5) is 8.78 Å². The Bertz CT molecular complexity index is 1060. The fourth-order valence-electron chi connectivity index (χ4n) is 5.54. The minimum atomic E-state index is -2.53. The fourth-order valence-corrected chi connectivity index (χ4v) is 5.54. The highest BCUT2D eigenvalue weighted by Gasteiger charge is 2.38. The standard InChI is InChI=1S/C27H31F2NO2.C2H6/c1-19-25-23(8-5-9-24(25)32-18-20-6-3-2-4-7-20)30(22-10-14-27(28,29)15-11-22)26(19)21-12-16-31-17-13-21;1-2/h2-9,21-22H,10-18H2,1H3;1-2H3. The number of aromatic nitrogens is 1. The first-order valence-electron chi connectivity index (χ1n) is 12.8. The van der Waals surface area contributed by atoms with Crippen LogP contribution in [0.25, 0.3) is 10.9 Å². The summed E-state index contributed by atoms with van der Waals surface area (Å²) in [6.07, 6.45) is 2.91. The molecule has 0 spiro atoms. The summed E-state index contributed by atoms with van der Waals surface area (Å²) >= 11 is 0. The molecule has 184 valence electrons. The first-order chi connectivity index (χ1) is 16.5. The van der Waals surface area contributed by atoms with Crippen LogP contribution in [-0.4, -0.2) is 23.7 Å². The first-order valence-corrected chi connectivity index (χ1v) is 12.8. The van der Waals surface area contributed by atoms with Crippen LogP contribution in [0, 0.1) is 6.92 Å². The van der Waals surface area contributed by atoms with E-state index in [-0.39, 0.29) is 18.9 Å². The van der Waals surface area contributed by atoms with Gasteiger partial charge >= 0.3 is 0 Å². The number of halogens is 2. The van der Waals surface area contributed by atoms with Gasteiger partial charge in [0.2, 0.25) is 5.92 Å². The van der Waals surface area contributed by atoms with Crippen LogP contribution < -0.4 is 4.74 Å². The van der Waals surface area contributed by atoms with Gasteiger partial charge in [-0.1, -0.05) is 50.2 Å². The lowest BCUT2D eigenvalue weighted by molar-refractivity contribution is -0.0439. The molecular weight excluding hydrogens is 432 g/mol. The highest BCUT2D eigenvalue weighted by atomic mass is 19.3. The molecule has 2 aliphatic rings. The van der Waals surface area contributed by atoms with E-state index in [9.17, 15) is 8.78 Å². The molecule has 0 amide bonds. The number of alkyl halides is 2. The molecule has 3 aromatic rings. The predicted octanol–water partition coefficient (Wildman–Crippen LogP) is 8.20. The van der Waals surface area contributed by atoms with E-state index in [1.54, 1.807) is 0 Å². The number of benzene rings is 2. The number of aryl methyl sites for hydroxylation is 1. The van der Waals surface area contributed by atoms with Crippen molar-refractivity contribution in [2.24, 2.45) is 0 Å². The van der Waals surface area contributed by atoms with Crippen LogP contribution in [0.5, 0.6) is 5.75 Å². The van der Waals surface area contributed by atoms with E-state index in [1.165, 1.54) is 11.3 Å². The van der Waals surface area contributed by atoms with Gasteiger partial charge in [-0.25, -0.2) is 8.78 Å². The van der Waals surface area contributed by atoms with Crippen LogP contribution in [0.1, 0.15) is 81.2 Å². The molecule has 5 heteroatoms. The molecule has 1 aliphatic heterocycles. The molecule has 1 saturated carbocycles.